The second-order valence-electron chi connectivity index (χ2n) is 7.38. The maximum atomic E-state index is 12.3. The van der Waals surface area contributed by atoms with Crippen LogP contribution in [-0.4, -0.2) is 73.5 Å². The van der Waals surface area contributed by atoms with Crippen molar-refractivity contribution < 1.29 is 14.3 Å². The van der Waals surface area contributed by atoms with Crippen molar-refractivity contribution in [2.75, 3.05) is 46.9 Å². The molecule has 1 aliphatic heterocycles. The molecular weight excluding hydrogens is 382 g/mol. The number of hydrogen-bond acceptors (Lipinski definition) is 6. The van der Waals surface area contributed by atoms with Gasteiger partial charge in [-0.1, -0.05) is 18.2 Å². The molecule has 0 radical (unpaired) electrons. The molecule has 0 bridgehead atoms. The van der Waals surface area contributed by atoms with Gasteiger partial charge in [0.25, 0.3) is 0 Å². The van der Waals surface area contributed by atoms with Crippen LogP contribution in [-0.2, 0) is 16.1 Å². The maximum Gasteiger partial charge on any atom is 0.309 e. The van der Waals surface area contributed by atoms with Crippen LogP contribution in [0.3, 0.4) is 0 Å². The fourth-order valence-corrected chi connectivity index (χ4v) is 3.45. The summed E-state index contributed by atoms with van der Waals surface area (Å²) in [5.74, 6) is -0.494. The molecule has 160 valence electrons. The predicted molar refractivity (Wildman–Crippen MR) is 114 cm³/mol. The Morgan fingerprint density at radius 1 is 1.07 bits per heavy atom. The van der Waals surface area contributed by atoms with Gasteiger partial charge >= 0.3 is 11.8 Å². The summed E-state index contributed by atoms with van der Waals surface area (Å²) >= 11 is 0. The Bertz CT molecular complexity index is 820. The van der Waals surface area contributed by atoms with Crippen LogP contribution in [0.1, 0.15) is 17.2 Å². The first-order valence-electron chi connectivity index (χ1n) is 10.1. The van der Waals surface area contributed by atoms with Crippen molar-refractivity contribution in [1.29, 1.82) is 0 Å². The van der Waals surface area contributed by atoms with Crippen LogP contribution in [0.5, 0.6) is 5.75 Å². The van der Waals surface area contributed by atoms with Gasteiger partial charge in [-0.25, -0.2) is 0 Å². The van der Waals surface area contributed by atoms with E-state index in [4.69, 9.17) is 4.74 Å². The number of rotatable bonds is 7. The normalized spacial score (nSPS) is 15.9. The van der Waals surface area contributed by atoms with Crippen molar-refractivity contribution in [3.05, 3.63) is 59.9 Å². The lowest BCUT2D eigenvalue weighted by molar-refractivity contribution is -0.139. The highest BCUT2D eigenvalue weighted by molar-refractivity contribution is 6.35. The van der Waals surface area contributed by atoms with Gasteiger partial charge in [0.05, 0.1) is 13.2 Å². The van der Waals surface area contributed by atoms with E-state index in [1.165, 1.54) is 0 Å². The summed E-state index contributed by atoms with van der Waals surface area (Å²) in [6.07, 6.45) is 3.32. The zero-order valence-electron chi connectivity index (χ0n) is 17.5. The second-order valence-corrected chi connectivity index (χ2v) is 7.38. The zero-order chi connectivity index (χ0) is 21.3. The van der Waals surface area contributed by atoms with E-state index in [0.29, 0.717) is 6.54 Å². The first-order chi connectivity index (χ1) is 14.6. The molecule has 0 saturated carbocycles. The van der Waals surface area contributed by atoms with Gasteiger partial charge in [0, 0.05) is 51.7 Å². The fraction of sp³-hybridized carbons (Fsp3) is 0.409. The number of likely N-dealkylation sites (N-methyl/N-ethyl adjacent to an activating group) is 1. The van der Waals surface area contributed by atoms with E-state index in [2.05, 4.69) is 32.5 Å². The SMILES string of the molecule is COc1ccc(C(CNC(=O)C(=O)NCc2cccnc2)N2CCN(C)CC2)cc1. The van der Waals surface area contributed by atoms with Crippen molar-refractivity contribution >= 4 is 11.8 Å². The Hall–Kier alpha value is -2.97. The standard InChI is InChI=1S/C22H29N5O3/c1-26-10-12-27(13-11-26)20(18-5-7-19(30-2)8-6-18)16-25-22(29)21(28)24-15-17-4-3-9-23-14-17/h3-9,14,20H,10-13,15-16H2,1-2H3,(H,24,28)(H,25,29). The molecule has 2 amide bonds. The lowest BCUT2D eigenvalue weighted by Crippen LogP contribution is -2.49. The number of amides is 2. The van der Waals surface area contributed by atoms with Crippen molar-refractivity contribution in [2.45, 2.75) is 12.6 Å². The molecule has 1 aromatic heterocycles. The molecule has 0 spiro atoms. The van der Waals surface area contributed by atoms with Crippen LogP contribution in [0.4, 0.5) is 0 Å². The van der Waals surface area contributed by atoms with E-state index in [1.807, 2.05) is 30.3 Å². The molecule has 1 fully saturated rings. The van der Waals surface area contributed by atoms with Crippen molar-refractivity contribution in [1.82, 2.24) is 25.4 Å². The lowest BCUT2D eigenvalue weighted by atomic mass is 10.0. The summed E-state index contributed by atoms with van der Waals surface area (Å²) < 4.78 is 5.25. The second kappa shape index (κ2) is 10.7. The number of nitrogens with zero attached hydrogens (tertiary/aromatic N) is 3. The van der Waals surface area contributed by atoms with E-state index >= 15 is 0 Å². The third-order valence-corrected chi connectivity index (χ3v) is 5.32. The molecule has 1 saturated heterocycles. The van der Waals surface area contributed by atoms with Gasteiger partial charge in [-0.15, -0.1) is 0 Å². The van der Waals surface area contributed by atoms with E-state index in [1.54, 1.807) is 25.6 Å². The van der Waals surface area contributed by atoms with Gasteiger partial charge in [0.2, 0.25) is 0 Å². The highest BCUT2D eigenvalue weighted by atomic mass is 16.5. The third kappa shape index (κ3) is 6.01. The Morgan fingerprint density at radius 3 is 2.40 bits per heavy atom. The van der Waals surface area contributed by atoms with E-state index in [0.717, 1.165) is 43.1 Å². The van der Waals surface area contributed by atoms with Gasteiger partial charge < -0.3 is 20.3 Å². The Morgan fingerprint density at radius 2 is 1.77 bits per heavy atom. The minimum absolute atomic E-state index is 0.0142. The van der Waals surface area contributed by atoms with Gasteiger partial charge in [-0.2, -0.15) is 0 Å². The number of benzene rings is 1. The van der Waals surface area contributed by atoms with E-state index in [-0.39, 0.29) is 12.6 Å². The van der Waals surface area contributed by atoms with Gasteiger partial charge in [0.15, 0.2) is 0 Å². The summed E-state index contributed by atoms with van der Waals surface area (Å²) in [5.41, 5.74) is 1.92. The number of nitrogens with one attached hydrogen (secondary N) is 2. The predicted octanol–water partition coefficient (Wildman–Crippen LogP) is 0.811. The number of ether oxygens (including phenoxy) is 1. The third-order valence-electron chi connectivity index (χ3n) is 5.32. The van der Waals surface area contributed by atoms with Gasteiger partial charge in [-0.3, -0.25) is 19.5 Å². The van der Waals surface area contributed by atoms with Gasteiger partial charge in [0.1, 0.15) is 5.75 Å². The Kier molecular flexibility index (Phi) is 7.75. The largest absolute Gasteiger partial charge is 0.497 e. The summed E-state index contributed by atoms with van der Waals surface area (Å²) in [4.78, 5) is 33.2. The quantitative estimate of drug-likeness (QED) is 0.656. The van der Waals surface area contributed by atoms with E-state index in [9.17, 15) is 9.59 Å². The number of carbonyl (C=O) groups is 2. The fourth-order valence-electron chi connectivity index (χ4n) is 3.45. The first-order valence-corrected chi connectivity index (χ1v) is 10.1. The molecule has 1 atom stereocenters. The molecule has 30 heavy (non-hydrogen) atoms. The van der Waals surface area contributed by atoms with Crippen LogP contribution in [0.2, 0.25) is 0 Å². The molecule has 1 aliphatic rings. The average molecular weight is 412 g/mol. The van der Waals surface area contributed by atoms with Crippen molar-refractivity contribution in [3.63, 3.8) is 0 Å². The number of aromatic nitrogens is 1. The highest BCUT2D eigenvalue weighted by Gasteiger charge is 2.25. The van der Waals surface area contributed by atoms with Crippen LogP contribution in [0.15, 0.2) is 48.8 Å². The molecule has 0 aliphatic carbocycles. The average Bonchev–Trinajstić information content (AvgIpc) is 2.79. The number of pyridine rings is 1. The van der Waals surface area contributed by atoms with E-state index < -0.39 is 11.8 Å². The molecule has 1 unspecified atom stereocenters. The number of carbonyl (C=O) groups excluding carboxylic acids is 2. The minimum atomic E-state index is -0.647. The Balaban J connectivity index is 1.60. The number of piperazine rings is 1. The summed E-state index contributed by atoms with van der Waals surface area (Å²) in [6.45, 7) is 4.35. The molecule has 1 aromatic carbocycles. The van der Waals surface area contributed by atoms with Crippen LogP contribution in [0.25, 0.3) is 0 Å². The van der Waals surface area contributed by atoms with Crippen molar-refractivity contribution in [2.24, 2.45) is 0 Å². The van der Waals surface area contributed by atoms with Crippen molar-refractivity contribution in [3.8, 4) is 5.75 Å². The molecule has 2 aromatic rings. The molecule has 8 heteroatoms. The molecule has 2 heterocycles. The first kappa shape index (κ1) is 21.7. The molecule has 8 nitrogen and oxygen atoms in total. The zero-order valence-corrected chi connectivity index (χ0v) is 17.5. The summed E-state index contributed by atoms with van der Waals surface area (Å²) in [5, 5.41) is 5.44. The smallest absolute Gasteiger partial charge is 0.309 e. The lowest BCUT2D eigenvalue weighted by Gasteiger charge is -2.38. The number of methoxy groups -OCH3 is 1. The maximum absolute atomic E-state index is 12.3. The van der Waals surface area contributed by atoms with Crippen LogP contribution >= 0.6 is 0 Å². The summed E-state index contributed by atoms with van der Waals surface area (Å²) in [6, 6.07) is 11.5. The van der Waals surface area contributed by atoms with Gasteiger partial charge in [-0.05, 0) is 36.4 Å². The molecular formula is C22H29N5O3. The number of hydrogen-bond donors (Lipinski definition) is 2. The molecule has 3 rings (SSSR count). The molecule has 2 N–H and O–H groups in total. The summed E-state index contributed by atoms with van der Waals surface area (Å²) in [7, 11) is 3.74. The monoisotopic (exact) mass is 411 g/mol. The van der Waals surface area contributed by atoms with Crippen LogP contribution in [0, 0.1) is 0 Å². The highest BCUT2D eigenvalue weighted by Crippen LogP contribution is 2.23. The minimum Gasteiger partial charge on any atom is -0.497 e. The Labute approximate surface area is 177 Å². The topological polar surface area (TPSA) is 86.8 Å². The van der Waals surface area contributed by atoms with Crippen LogP contribution < -0.4 is 15.4 Å².